The van der Waals surface area contributed by atoms with Gasteiger partial charge in [-0.05, 0) is 12.8 Å². The highest BCUT2D eigenvalue weighted by Crippen LogP contribution is 2.19. The number of thiazole rings is 1. The largest absolute Gasteiger partial charge is 0.363 e. The minimum absolute atomic E-state index is 0.716. The Labute approximate surface area is 110 Å². The Kier molecular flexibility index (Phi) is 3.36. The molecule has 94 valence electrons. The van der Waals surface area contributed by atoms with Gasteiger partial charge < -0.3 is 10.2 Å². The van der Waals surface area contributed by atoms with Gasteiger partial charge in [0.15, 0.2) is 0 Å². The van der Waals surface area contributed by atoms with E-state index in [1.807, 2.05) is 17.6 Å². The van der Waals surface area contributed by atoms with Gasteiger partial charge >= 0.3 is 0 Å². The fourth-order valence-electron chi connectivity index (χ4n) is 2.07. The molecule has 5 nitrogen and oxygen atoms in total. The molecule has 0 amide bonds. The molecular formula is C12H15N5S. The molecule has 0 radical (unpaired) electrons. The second kappa shape index (κ2) is 5.30. The van der Waals surface area contributed by atoms with Gasteiger partial charge in [-0.15, -0.1) is 11.3 Å². The Bertz CT molecular complexity index is 493. The molecule has 3 heterocycles. The van der Waals surface area contributed by atoms with Crippen LogP contribution in [0.1, 0.15) is 17.8 Å². The quantitative estimate of drug-likeness (QED) is 0.914. The van der Waals surface area contributed by atoms with Crippen LogP contribution >= 0.6 is 11.3 Å². The Morgan fingerprint density at radius 2 is 2.11 bits per heavy atom. The molecule has 1 fully saturated rings. The minimum Gasteiger partial charge on any atom is -0.363 e. The summed E-state index contributed by atoms with van der Waals surface area (Å²) in [5.74, 6) is 1.88. The highest BCUT2D eigenvalue weighted by Gasteiger charge is 2.13. The van der Waals surface area contributed by atoms with Gasteiger partial charge in [0, 0.05) is 30.7 Å². The summed E-state index contributed by atoms with van der Waals surface area (Å²) in [5, 5.41) is 6.33. The highest BCUT2D eigenvalue weighted by molar-refractivity contribution is 7.09. The van der Waals surface area contributed by atoms with Gasteiger partial charge in [-0.25, -0.2) is 15.0 Å². The number of aromatic nitrogens is 3. The number of rotatable bonds is 4. The molecule has 0 aromatic carbocycles. The van der Waals surface area contributed by atoms with E-state index in [1.165, 1.54) is 12.8 Å². The summed E-state index contributed by atoms with van der Waals surface area (Å²) in [4.78, 5) is 15.1. The first kappa shape index (κ1) is 11.4. The summed E-state index contributed by atoms with van der Waals surface area (Å²) in [6.07, 6.45) is 5.95. The molecule has 1 aliphatic heterocycles. The summed E-state index contributed by atoms with van der Waals surface area (Å²) < 4.78 is 0. The van der Waals surface area contributed by atoms with Gasteiger partial charge in [0.2, 0.25) is 0 Å². The van der Waals surface area contributed by atoms with E-state index in [-0.39, 0.29) is 0 Å². The summed E-state index contributed by atoms with van der Waals surface area (Å²) >= 11 is 1.64. The van der Waals surface area contributed by atoms with Crippen LogP contribution < -0.4 is 10.2 Å². The predicted octanol–water partition coefficient (Wildman–Crippen LogP) is 2.15. The molecule has 0 saturated carbocycles. The van der Waals surface area contributed by atoms with Crippen LogP contribution in [-0.2, 0) is 6.54 Å². The van der Waals surface area contributed by atoms with Crippen molar-refractivity contribution in [3.63, 3.8) is 0 Å². The standard InChI is InChI=1S/C12H15N5S/c1-2-5-17(4-1)11-7-10(15-9-16-11)14-8-12-13-3-6-18-12/h3,6-7,9H,1-2,4-5,8H2,(H,14,15,16). The molecule has 3 rings (SSSR count). The smallest absolute Gasteiger partial charge is 0.134 e. The molecule has 2 aromatic rings. The zero-order chi connectivity index (χ0) is 12.2. The average molecular weight is 261 g/mol. The van der Waals surface area contributed by atoms with Crippen LogP contribution in [0.4, 0.5) is 11.6 Å². The van der Waals surface area contributed by atoms with Gasteiger partial charge in [0.05, 0.1) is 6.54 Å². The maximum absolute atomic E-state index is 4.33. The molecule has 0 bridgehead atoms. The Morgan fingerprint density at radius 1 is 1.22 bits per heavy atom. The molecule has 2 aromatic heterocycles. The van der Waals surface area contributed by atoms with E-state index in [2.05, 4.69) is 25.2 Å². The van der Waals surface area contributed by atoms with Crippen molar-refractivity contribution < 1.29 is 0 Å². The van der Waals surface area contributed by atoms with E-state index in [0.29, 0.717) is 6.54 Å². The van der Waals surface area contributed by atoms with Crippen molar-refractivity contribution in [3.8, 4) is 0 Å². The SMILES string of the molecule is c1nc(NCc2nccs2)cc(N2CCCC2)n1. The summed E-state index contributed by atoms with van der Waals surface area (Å²) in [5.41, 5.74) is 0. The Hall–Kier alpha value is -1.69. The van der Waals surface area contributed by atoms with E-state index < -0.39 is 0 Å². The lowest BCUT2D eigenvalue weighted by Gasteiger charge is -2.16. The summed E-state index contributed by atoms with van der Waals surface area (Å²) in [6, 6.07) is 2.01. The number of hydrogen-bond acceptors (Lipinski definition) is 6. The lowest BCUT2D eigenvalue weighted by molar-refractivity contribution is 0.925. The monoisotopic (exact) mass is 261 g/mol. The van der Waals surface area contributed by atoms with Gasteiger partial charge in [0.1, 0.15) is 23.0 Å². The highest BCUT2D eigenvalue weighted by atomic mass is 32.1. The first-order valence-corrected chi connectivity index (χ1v) is 6.99. The van der Waals surface area contributed by atoms with Crippen molar-refractivity contribution >= 4 is 23.0 Å². The summed E-state index contributed by atoms with van der Waals surface area (Å²) in [6.45, 7) is 2.92. The number of hydrogen-bond donors (Lipinski definition) is 1. The lowest BCUT2D eigenvalue weighted by Crippen LogP contribution is -2.19. The van der Waals surface area contributed by atoms with E-state index in [9.17, 15) is 0 Å². The first-order chi connectivity index (χ1) is 8.92. The molecule has 1 aliphatic rings. The molecular weight excluding hydrogens is 246 g/mol. The Morgan fingerprint density at radius 3 is 2.89 bits per heavy atom. The third-order valence-electron chi connectivity index (χ3n) is 2.99. The molecule has 1 N–H and O–H groups in total. The van der Waals surface area contributed by atoms with Crippen LogP contribution in [0.25, 0.3) is 0 Å². The molecule has 0 spiro atoms. The fraction of sp³-hybridized carbons (Fsp3) is 0.417. The van der Waals surface area contributed by atoms with Crippen molar-refractivity contribution in [2.24, 2.45) is 0 Å². The second-order valence-corrected chi connectivity index (χ2v) is 5.21. The third-order valence-corrected chi connectivity index (χ3v) is 3.77. The van der Waals surface area contributed by atoms with E-state index in [4.69, 9.17) is 0 Å². The van der Waals surface area contributed by atoms with Crippen LogP contribution in [-0.4, -0.2) is 28.0 Å². The molecule has 6 heteroatoms. The van der Waals surface area contributed by atoms with Crippen LogP contribution in [0, 0.1) is 0 Å². The second-order valence-electron chi connectivity index (χ2n) is 4.23. The van der Waals surface area contributed by atoms with Crippen LogP contribution in [0.15, 0.2) is 24.0 Å². The topological polar surface area (TPSA) is 53.9 Å². The van der Waals surface area contributed by atoms with Crippen LogP contribution in [0.5, 0.6) is 0 Å². The van der Waals surface area contributed by atoms with Gasteiger partial charge in [-0.2, -0.15) is 0 Å². The molecule has 0 aliphatic carbocycles. The van der Waals surface area contributed by atoms with Gasteiger partial charge in [0.25, 0.3) is 0 Å². The summed E-state index contributed by atoms with van der Waals surface area (Å²) in [7, 11) is 0. The molecule has 0 atom stereocenters. The lowest BCUT2D eigenvalue weighted by atomic mass is 10.4. The molecule has 18 heavy (non-hydrogen) atoms. The maximum atomic E-state index is 4.33. The van der Waals surface area contributed by atoms with Crippen LogP contribution in [0.2, 0.25) is 0 Å². The minimum atomic E-state index is 0.716. The van der Waals surface area contributed by atoms with Gasteiger partial charge in [-0.3, -0.25) is 0 Å². The van der Waals surface area contributed by atoms with Crippen molar-refractivity contribution in [3.05, 3.63) is 29.0 Å². The number of nitrogens with one attached hydrogen (secondary N) is 1. The van der Waals surface area contributed by atoms with Crippen LogP contribution in [0.3, 0.4) is 0 Å². The normalized spacial score (nSPS) is 15.0. The maximum Gasteiger partial charge on any atom is 0.134 e. The fourth-order valence-corrected chi connectivity index (χ4v) is 2.63. The number of nitrogens with zero attached hydrogens (tertiary/aromatic N) is 4. The van der Waals surface area contributed by atoms with E-state index in [0.717, 1.165) is 29.7 Å². The zero-order valence-corrected chi connectivity index (χ0v) is 10.9. The van der Waals surface area contributed by atoms with E-state index in [1.54, 1.807) is 17.7 Å². The average Bonchev–Trinajstić information content (AvgIpc) is 3.10. The number of anilines is 2. The van der Waals surface area contributed by atoms with E-state index >= 15 is 0 Å². The Balaban J connectivity index is 1.66. The van der Waals surface area contributed by atoms with Crippen molar-refractivity contribution in [1.82, 2.24) is 15.0 Å². The predicted molar refractivity (Wildman–Crippen MR) is 72.9 cm³/mol. The van der Waals surface area contributed by atoms with Crippen molar-refractivity contribution in [2.45, 2.75) is 19.4 Å². The molecule has 1 saturated heterocycles. The third kappa shape index (κ3) is 2.59. The van der Waals surface area contributed by atoms with Crippen molar-refractivity contribution in [2.75, 3.05) is 23.3 Å². The first-order valence-electron chi connectivity index (χ1n) is 6.11. The van der Waals surface area contributed by atoms with Crippen molar-refractivity contribution in [1.29, 1.82) is 0 Å². The zero-order valence-electron chi connectivity index (χ0n) is 10.0. The van der Waals surface area contributed by atoms with Gasteiger partial charge in [-0.1, -0.05) is 0 Å². The molecule has 0 unspecified atom stereocenters.